The van der Waals surface area contributed by atoms with Gasteiger partial charge in [0.2, 0.25) is 0 Å². The number of hydrogen-bond acceptors (Lipinski definition) is 3. The van der Waals surface area contributed by atoms with Crippen molar-refractivity contribution in [3.63, 3.8) is 0 Å². The lowest BCUT2D eigenvalue weighted by Gasteiger charge is -2.26. The lowest BCUT2D eigenvalue weighted by molar-refractivity contribution is 0.125. The van der Waals surface area contributed by atoms with E-state index < -0.39 is 0 Å². The molecule has 5 heteroatoms. The summed E-state index contributed by atoms with van der Waals surface area (Å²) >= 11 is 0. The molecule has 0 spiro atoms. The van der Waals surface area contributed by atoms with E-state index >= 15 is 0 Å². The van der Waals surface area contributed by atoms with Crippen molar-refractivity contribution in [2.24, 2.45) is 11.8 Å². The van der Waals surface area contributed by atoms with Gasteiger partial charge in [0.05, 0.1) is 6.61 Å². The Hall–Kier alpha value is -0.810. The van der Waals surface area contributed by atoms with Crippen molar-refractivity contribution in [3.8, 4) is 0 Å². The van der Waals surface area contributed by atoms with Crippen LogP contribution in [-0.4, -0.2) is 58.0 Å². The van der Waals surface area contributed by atoms with Gasteiger partial charge in [-0.05, 0) is 18.8 Å². The zero-order chi connectivity index (χ0) is 16.8. The van der Waals surface area contributed by atoms with E-state index in [1.165, 1.54) is 0 Å². The second kappa shape index (κ2) is 13.8. The van der Waals surface area contributed by atoms with Crippen LogP contribution in [0.15, 0.2) is 0 Å². The summed E-state index contributed by atoms with van der Waals surface area (Å²) in [5, 5.41) is 3.07. The monoisotopic (exact) mass is 316 g/mol. The quantitative estimate of drug-likeness (QED) is 0.531. The molecular formula is C17H36N2O3. The van der Waals surface area contributed by atoms with E-state index in [0.717, 1.165) is 38.8 Å². The van der Waals surface area contributed by atoms with Crippen molar-refractivity contribution >= 4 is 6.03 Å². The van der Waals surface area contributed by atoms with Crippen LogP contribution in [-0.2, 0) is 9.47 Å². The third-order valence-electron chi connectivity index (χ3n) is 3.93. The number of nitrogens with one attached hydrogen (secondary N) is 1. The van der Waals surface area contributed by atoms with Gasteiger partial charge in [-0.1, -0.05) is 33.6 Å². The molecule has 22 heavy (non-hydrogen) atoms. The number of amides is 2. The van der Waals surface area contributed by atoms with Gasteiger partial charge < -0.3 is 19.7 Å². The lowest BCUT2D eigenvalue weighted by atomic mass is 9.97. The molecule has 0 bridgehead atoms. The van der Waals surface area contributed by atoms with Crippen LogP contribution in [0.2, 0.25) is 0 Å². The molecule has 0 radical (unpaired) electrons. The number of carbonyl (C=O) groups excluding carboxylic acids is 1. The van der Waals surface area contributed by atoms with Gasteiger partial charge in [-0.3, -0.25) is 0 Å². The van der Waals surface area contributed by atoms with Gasteiger partial charge in [-0.15, -0.1) is 0 Å². The van der Waals surface area contributed by atoms with Gasteiger partial charge in [0.15, 0.2) is 0 Å². The van der Waals surface area contributed by atoms with Crippen LogP contribution in [0.5, 0.6) is 0 Å². The van der Waals surface area contributed by atoms with Crippen molar-refractivity contribution in [3.05, 3.63) is 0 Å². The highest BCUT2D eigenvalue weighted by molar-refractivity contribution is 5.74. The Morgan fingerprint density at radius 1 is 1.09 bits per heavy atom. The highest BCUT2D eigenvalue weighted by Crippen LogP contribution is 2.10. The molecule has 132 valence electrons. The maximum atomic E-state index is 12.4. The summed E-state index contributed by atoms with van der Waals surface area (Å²) in [7, 11) is 3.40. The Bertz CT molecular complexity index is 263. The maximum Gasteiger partial charge on any atom is 0.317 e. The third-order valence-corrected chi connectivity index (χ3v) is 3.93. The molecule has 0 rings (SSSR count). The van der Waals surface area contributed by atoms with Crippen LogP contribution < -0.4 is 5.32 Å². The summed E-state index contributed by atoms with van der Waals surface area (Å²) in [4.78, 5) is 14.3. The molecule has 2 amide bonds. The summed E-state index contributed by atoms with van der Waals surface area (Å²) in [6.45, 7) is 10.1. The fourth-order valence-electron chi connectivity index (χ4n) is 2.30. The van der Waals surface area contributed by atoms with Gasteiger partial charge >= 0.3 is 6.03 Å². The highest BCUT2D eigenvalue weighted by atomic mass is 16.5. The minimum Gasteiger partial charge on any atom is -0.385 e. The molecule has 0 fully saturated rings. The molecule has 0 aromatic heterocycles. The van der Waals surface area contributed by atoms with Crippen molar-refractivity contribution < 1.29 is 14.3 Å². The maximum absolute atomic E-state index is 12.4. The number of nitrogens with zero attached hydrogens (tertiary/aromatic N) is 1. The van der Waals surface area contributed by atoms with Crippen LogP contribution in [0, 0.1) is 11.8 Å². The first-order valence-electron chi connectivity index (χ1n) is 8.57. The van der Waals surface area contributed by atoms with Crippen molar-refractivity contribution in [1.29, 1.82) is 0 Å². The van der Waals surface area contributed by atoms with Crippen LogP contribution in [0.4, 0.5) is 4.79 Å². The number of unbranched alkanes of at least 4 members (excludes halogenated alkanes) is 2. The van der Waals surface area contributed by atoms with E-state index in [1.54, 1.807) is 14.2 Å². The molecule has 0 aliphatic rings. The largest absolute Gasteiger partial charge is 0.385 e. The van der Waals surface area contributed by atoms with E-state index in [-0.39, 0.29) is 6.03 Å². The molecule has 1 atom stereocenters. The minimum absolute atomic E-state index is 0.0361. The van der Waals surface area contributed by atoms with Gasteiger partial charge in [-0.2, -0.15) is 0 Å². The van der Waals surface area contributed by atoms with Gasteiger partial charge in [-0.25, -0.2) is 4.79 Å². The summed E-state index contributed by atoms with van der Waals surface area (Å²) in [5.74, 6) is 0.840. The fraction of sp³-hybridized carbons (Fsp3) is 0.941. The summed E-state index contributed by atoms with van der Waals surface area (Å²) in [5.41, 5.74) is 0. The predicted octanol–water partition coefficient (Wildman–Crippen LogP) is 3.14. The number of urea groups is 1. The summed E-state index contributed by atoms with van der Waals surface area (Å²) in [6.07, 6.45) is 4.26. The predicted molar refractivity (Wildman–Crippen MR) is 91.2 cm³/mol. The molecule has 0 aliphatic heterocycles. The van der Waals surface area contributed by atoms with Gasteiger partial charge in [0.1, 0.15) is 0 Å². The highest BCUT2D eigenvalue weighted by Gasteiger charge is 2.17. The first-order chi connectivity index (χ1) is 10.6. The van der Waals surface area contributed by atoms with E-state index in [4.69, 9.17) is 9.47 Å². The third kappa shape index (κ3) is 10.0. The van der Waals surface area contributed by atoms with Crippen molar-refractivity contribution in [2.75, 3.05) is 47.1 Å². The first kappa shape index (κ1) is 21.2. The second-order valence-corrected chi connectivity index (χ2v) is 6.19. The smallest absolute Gasteiger partial charge is 0.317 e. The summed E-state index contributed by atoms with van der Waals surface area (Å²) < 4.78 is 10.3. The zero-order valence-corrected chi connectivity index (χ0v) is 15.2. The fourth-order valence-corrected chi connectivity index (χ4v) is 2.30. The molecule has 0 saturated heterocycles. The standard InChI is InChI=1S/C17H36N2O3/c1-6-7-8-10-19(11-9-12-21-4)17(20)18-13-16(14-22-5)15(2)3/h15-16H,6-14H2,1-5H3,(H,18,20). The Balaban J connectivity index is 4.32. The topological polar surface area (TPSA) is 50.8 Å². The number of ether oxygens (including phenoxy) is 2. The first-order valence-corrected chi connectivity index (χ1v) is 8.57. The van der Waals surface area contributed by atoms with Crippen LogP contribution >= 0.6 is 0 Å². The summed E-state index contributed by atoms with van der Waals surface area (Å²) in [6, 6.07) is 0.0361. The lowest BCUT2D eigenvalue weighted by Crippen LogP contribution is -2.44. The molecule has 0 aromatic carbocycles. The number of carbonyl (C=O) groups is 1. The number of methoxy groups -OCH3 is 2. The molecular weight excluding hydrogens is 280 g/mol. The average Bonchev–Trinajstić information content (AvgIpc) is 2.49. The average molecular weight is 316 g/mol. The van der Waals surface area contributed by atoms with E-state index in [2.05, 4.69) is 26.1 Å². The van der Waals surface area contributed by atoms with Gasteiger partial charge in [0, 0.05) is 46.4 Å². The zero-order valence-electron chi connectivity index (χ0n) is 15.2. The number of hydrogen-bond donors (Lipinski definition) is 1. The van der Waals surface area contributed by atoms with Crippen LogP contribution in [0.3, 0.4) is 0 Å². The molecule has 5 nitrogen and oxygen atoms in total. The Morgan fingerprint density at radius 3 is 2.32 bits per heavy atom. The molecule has 1 N–H and O–H groups in total. The number of rotatable bonds is 13. The molecule has 0 aliphatic carbocycles. The second-order valence-electron chi connectivity index (χ2n) is 6.19. The van der Waals surface area contributed by atoms with E-state index in [0.29, 0.717) is 31.6 Å². The normalized spacial score (nSPS) is 12.5. The molecule has 1 unspecified atom stereocenters. The minimum atomic E-state index is 0.0361. The Morgan fingerprint density at radius 2 is 1.77 bits per heavy atom. The van der Waals surface area contributed by atoms with E-state index in [9.17, 15) is 4.79 Å². The van der Waals surface area contributed by atoms with Crippen LogP contribution in [0.25, 0.3) is 0 Å². The Labute approximate surface area is 136 Å². The molecule has 0 heterocycles. The molecule has 0 aromatic rings. The van der Waals surface area contributed by atoms with Crippen molar-refractivity contribution in [1.82, 2.24) is 10.2 Å². The van der Waals surface area contributed by atoms with Gasteiger partial charge in [0.25, 0.3) is 0 Å². The Kier molecular flexibility index (Phi) is 13.3. The van der Waals surface area contributed by atoms with E-state index in [1.807, 2.05) is 4.90 Å². The molecule has 0 saturated carbocycles. The van der Waals surface area contributed by atoms with Crippen LogP contribution in [0.1, 0.15) is 46.5 Å². The van der Waals surface area contributed by atoms with Crippen molar-refractivity contribution in [2.45, 2.75) is 46.5 Å². The SMILES string of the molecule is CCCCCN(CCCOC)C(=O)NCC(COC)C(C)C.